The maximum Gasteiger partial charge on any atom is 0.302 e. The van der Waals surface area contributed by atoms with Gasteiger partial charge in [0.25, 0.3) is 0 Å². The van der Waals surface area contributed by atoms with Crippen LogP contribution in [0.3, 0.4) is 0 Å². The van der Waals surface area contributed by atoms with E-state index in [1.807, 2.05) is 6.08 Å². The van der Waals surface area contributed by atoms with E-state index in [4.69, 9.17) is 14.2 Å². The zero-order chi connectivity index (χ0) is 12.0. The van der Waals surface area contributed by atoms with Crippen molar-refractivity contribution in [2.75, 3.05) is 27.4 Å². The fraction of sp³-hybridized carbons (Fsp3) is 0.750. The summed E-state index contributed by atoms with van der Waals surface area (Å²) < 4.78 is 15.7. The molecule has 0 aromatic carbocycles. The molecular weight excluding hydrogens is 208 g/mol. The van der Waals surface area contributed by atoms with Gasteiger partial charge in [-0.15, -0.1) is 0 Å². The van der Waals surface area contributed by atoms with Crippen molar-refractivity contribution in [1.82, 2.24) is 0 Å². The third-order valence-corrected chi connectivity index (χ3v) is 2.81. The SMILES string of the molecule is COC[C@H]1[C@@H](COC)C=CC[C@H]1OC(C)=O. The molecule has 92 valence electrons. The van der Waals surface area contributed by atoms with Crippen molar-refractivity contribution in [3.63, 3.8) is 0 Å². The Hall–Kier alpha value is -0.870. The van der Waals surface area contributed by atoms with E-state index in [1.54, 1.807) is 14.2 Å². The molecule has 0 aromatic heterocycles. The topological polar surface area (TPSA) is 44.8 Å². The maximum atomic E-state index is 11.0. The van der Waals surface area contributed by atoms with Crippen LogP contribution in [0.15, 0.2) is 12.2 Å². The van der Waals surface area contributed by atoms with Crippen molar-refractivity contribution in [1.29, 1.82) is 0 Å². The van der Waals surface area contributed by atoms with E-state index < -0.39 is 0 Å². The predicted octanol–water partition coefficient (Wildman–Crippen LogP) is 1.40. The molecule has 1 rings (SSSR count). The van der Waals surface area contributed by atoms with Crippen molar-refractivity contribution in [3.8, 4) is 0 Å². The summed E-state index contributed by atoms with van der Waals surface area (Å²) in [5, 5.41) is 0. The van der Waals surface area contributed by atoms with Crippen LogP contribution in [0.5, 0.6) is 0 Å². The highest BCUT2D eigenvalue weighted by atomic mass is 16.5. The smallest absolute Gasteiger partial charge is 0.302 e. The first-order valence-corrected chi connectivity index (χ1v) is 5.50. The number of carbonyl (C=O) groups excluding carboxylic acids is 1. The van der Waals surface area contributed by atoms with Gasteiger partial charge in [0.1, 0.15) is 6.10 Å². The zero-order valence-corrected chi connectivity index (χ0v) is 10.1. The van der Waals surface area contributed by atoms with Crippen LogP contribution in [-0.2, 0) is 19.0 Å². The van der Waals surface area contributed by atoms with Gasteiger partial charge in [0.05, 0.1) is 13.2 Å². The number of hydrogen-bond donors (Lipinski definition) is 0. The lowest BCUT2D eigenvalue weighted by molar-refractivity contribution is -0.152. The predicted molar refractivity (Wildman–Crippen MR) is 60.0 cm³/mol. The summed E-state index contributed by atoms with van der Waals surface area (Å²) in [7, 11) is 3.33. The van der Waals surface area contributed by atoms with Crippen LogP contribution < -0.4 is 0 Å². The van der Waals surface area contributed by atoms with Gasteiger partial charge in [-0.25, -0.2) is 0 Å². The van der Waals surface area contributed by atoms with Crippen molar-refractivity contribution >= 4 is 5.97 Å². The van der Waals surface area contributed by atoms with Crippen LogP contribution >= 0.6 is 0 Å². The Morgan fingerprint density at radius 3 is 2.56 bits per heavy atom. The second kappa shape index (κ2) is 6.66. The summed E-state index contributed by atoms with van der Waals surface area (Å²) in [6, 6.07) is 0. The van der Waals surface area contributed by atoms with Gasteiger partial charge in [0, 0.05) is 39.4 Å². The molecule has 0 spiro atoms. The average Bonchev–Trinajstić information content (AvgIpc) is 2.22. The molecule has 0 amide bonds. The molecule has 4 heteroatoms. The highest BCUT2D eigenvalue weighted by Gasteiger charge is 2.32. The quantitative estimate of drug-likeness (QED) is 0.527. The van der Waals surface area contributed by atoms with Crippen molar-refractivity contribution < 1.29 is 19.0 Å². The first kappa shape index (κ1) is 13.2. The molecular formula is C12H20O4. The summed E-state index contributed by atoms with van der Waals surface area (Å²) in [6.07, 6.45) is 4.83. The average molecular weight is 228 g/mol. The third-order valence-electron chi connectivity index (χ3n) is 2.81. The molecule has 3 atom stereocenters. The van der Waals surface area contributed by atoms with E-state index in [2.05, 4.69) is 6.08 Å². The minimum absolute atomic E-state index is 0.0948. The van der Waals surface area contributed by atoms with Crippen molar-refractivity contribution in [3.05, 3.63) is 12.2 Å². The van der Waals surface area contributed by atoms with Gasteiger partial charge in [0.15, 0.2) is 0 Å². The van der Waals surface area contributed by atoms with Crippen LogP contribution in [-0.4, -0.2) is 39.5 Å². The highest BCUT2D eigenvalue weighted by molar-refractivity contribution is 5.66. The number of rotatable bonds is 5. The molecule has 4 nitrogen and oxygen atoms in total. The standard InChI is InChI=1S/C12H20O4/c1-9(13)16-12-6-4-5-10(7-14-2)11(12)8-15-3/h4-5,10-12H,6-8H2,1-3H3/t10-,11+,12-/m1/s1. The first-order valence-electron chi connectivity index (χ1n) is 5.50. The third kappa shape index (κ3) is 3.61. The second-order valence-electron chi connectivity index (χ2n) is 4.05. The highest BCUT2D eigenvalue weighted by Crippen LogP contribution is 2.28. The maximum absolute atomic E-state index is 11.0. The van der Waals surface area contributed by atoms with Crippen LogP contribution in [0.25, 0.3) is 0 Å². The van der Waals surface area contributed by atoms with Gasteiger partial charge in [-0.2, -0.15) is 0 Å². The molecule has 16 heavy (non-hydrogen) atoms. The molecule has 0 radical (unpaired) electrons. The largest absolute Gasteiger partial charge is 0.462 e. The Morgan fingerprint density at radius 2 is 2.00 bits per heavy atom. The molecule has 0 N–H and O–H groups in total. The summed E-state index contributed by atoms with van der Waals surface area (Å²) in [6.45, 7) is 2.64. The lowest BCUT2D eigenvalue weighted by Gasteiger charge is -2.33. The minimum atomic E-state index is -0.238. The van der Waals surface area contributed by atoms with E-state index in [-0.39, 0.29) is 23.9 Å². The summed E-state index contributed by atoms with van der Waals surface area (Å²) >= 11 is 0. The van der Waals surface area contributed by atoms with E-state index >= 15 is 0 Å². The Labute approximate surface area is 96.6 Å². The summed E-state index contributed by atoms with van der Waals surface area (Å²) in [5.41, 5.74) is 0. The molecule has 0 aliphatic heterocycles. The number of hydrogen-bond acceptors (Lipinski definition) is 4. The van der Waals surface area contributed by atoms with Crippen LogP contribution in [0.1, 0.15) is 13.3 Å². The zero-order valence-electron chi connectivity index (χ0n) is 10.1. The summed E-state index contributed by atoms with van der Waals surface area (Å²) in [5.74, 6) is 0.194. The number of methoxy groups -OCH3 is 2. The molecule has 1 aliphatic rings. The Balaban J connectivity index is 2.67. The lowest BCUT2D eigenvalue weighted by Crippen LogP contribution is -2.37. The normalized spacial score (nSPS) is 29.1. The van der Waals surface area contributed by atoms with Gasteiger partial charge in [-0.3, -0.25) is 4.79 Å². The monoisotopic (exact) mass is 228 g/mol. The van der Waals surface area contributed by atoms with Crippen LogP contribution in [0.4, 0.5) is 0 Å². The van der Waals surface area contributed by atoms with Gasteiger partial charge in [-0.1, -0.05) is 12.2 Å². The number of esters is 1. The Bertz CT molecular complexity index is 249. The summed E-state index contributed by atoms with van der Waals surface area (Å²) in [4.78, 5) is 11.0. The number of ether oxygens (including phenoxy) is 3. The Kier molecular flexibility index (Phi) is 5.49. The first-order chi connectivity index (χ1) is 7.69. The lowest BCUT2D eigenvalue weighted by atomic mass is 9.82. The fourth-order valence-electron chi connectivity index (χ4n) is 2.12. The molecule has 1 aliphatic carbocycles. The second-order valence-corrected chi connectivity index (χ2v) is 4.05. The molecule has 0 heterocycles. The Morgan fingerprint density at radius 1 is 1.31 bits per heavy atom. The van der Waals surface area contributed by atoms with Gasteiger partial charge in [-0.05, 0) is 0 Å². The van der Waals surface area contributed by atoms with Gasteiger partial charge >= 0.3 is 5.97 Å². The van der Waals surface area contributed by atoms with E-state index in [0.29, 0.717) is 13.2 Å². The van der Waals surface area contributed by atoms with Crippen molar-refractivity contribution in [2.24, 2.45) is 11.8 Å². The fourth-order valence-corrected chi connectivity index (χ4v) is 2.12. The molecule has 0 unspecified atom stereocenters. The van der Waals surface area contributed by atoms with Crippen molar-refractivity contribution in [2.45, 2.75) is 19.4 Å². The van der Waals surface area contributed by atoms with Crippen LogP contribution in [0, 0.1) is 11.8 Å². The molecule has 0 saturated heterocycles. The molecule has 0 saturated carbocycles. The van der Waals surface area contributed by atoms with Crippen LogP contribution in [0.2, 0.25) is 0 Å². The van der Waals surface area contributed by atoms with E-state index in [9.17, 15) is 4.79 Å². The van der Waals surface area contributed by atoms with E-state index in [0.717, 1.165) is 6.42 Å². The minimum Gasteiger partial charge on any atom is -0.462 e. The van der Waals surface area contributed by atoms with E-state index in [1.165, 1.54) is 6.92 Å². The molecule has 0 aromatic rings. The molecule has 0 bridgehead atoms. The van der Waals surface area contributed by atoms with Gasteiger partial charge < -0.3 is 14.2 Å². The number of carbonyl (C=O) groups is 1. The van der Waals surface area contributed by atoms with Gasteiger partial charge in [0.2, 0.25) is 0 Å². The molecule has 0 fully saturated rings.